The van der Waals surface area contributed by atoms with Crippen LogP contribution in [0.3, 0.4) is 0 Å². The number of imidazole rings is 1. The van der Waals surface area contributed by atoms with Crippen molar-refractivity contribution in [2.75, 3.05) is 24.5 Å². The number of hydrogen-bond donors (Lipinski definition) is 1. The molecular weight excluding hydrogens is 276 g/mol. The second kappa shape index (κ2) is 5.57. The molecule has 22 heavy (non-hydrogen) atoms. The fourth-order valence-corrected chi connectivity index (χ4v) is 4.33. The van der Waals surface area contributed by atoms with Crippen LogP contribution in [0.25, 0.3) is 0 Å². The van der Waals surface area contributed by atoms with Crippen molar-refractivity contribution >= 4 is 11.7 Å². The van der Waals surface area contributed by atoms with Gasteiger partial charge in [0.2, 0.25) is 0 Å². The van der Waals surface area contributed by atoms with E-state index >= 15 is 0 Å². The zero-order chi connectivity index (χ0) is 15.1. The molecule has 0 saturated heterocycles. The molecule has 3 aliphatic rings. The van der Waals surface area contributed by atoms with E-state index < -0.39 is 0 Å². The van der Waals surface area contributed by atoms with Crippen LogP contribution >= 0.6 is 0 Å². The molecule has 1 fully saturated rings. The molecule has 1 aromatic rings. The van der Waals surface area contributed by atoms with Gasteiger partial charge < -0.3 is 4.57 Å². The number of nitrogens with zero attached hydrogens (tertiary/aromatic N) is 5. The lowest BCUT2D eigenvalue weighted by Crippen LogP contribution is -2.55. The first kappa shape index (κ1) is 14.1. The van der Waals surface area contributed by atoms with Gasteiger partial charge >= 0.3 is 0 Å². The van der Waals surface area contributed by atoms with Gasteiger partial charge in [-0.05, 0) is 25.9 Å². The van der Waals surface area contributed by atoms with Gasteiger partial charge in [-0.1, -0.05) is 26.7 Å². The smallest absolute Gasteiger partial charge is 0.146 e. The molecule has 3 heterocycles. The molecule has 6 nitrogen and oxygen atoms in total. The summed E-state index contributed by atoms with van der Waals surface area (Å²) in [6.07, 6.45) is 9.56. The second-order valence-corrected chi connectivity index (χ2v) is 6.61. The van der Waals surface area contributed by atoms with E-state index in [0.717, 1.165) is 25.5 Å². The van der Waals surface area contributed by atoms with Crippen molar-refractivity contribution in [1.82, 2.24) is 19.9 Å². The van der Waals surface area contributed by atoms with Crippen molar-refractivity contribution in [3.8, 4) is 0 Å². The maximum atomic E-state index is 4.70. The Morgan fingerprint density at radius 2 is 2.09 bits per heavy atom. The predicted molar refractivity (Wildman–Crippen MR) is 87.8 cm³/mol. The summed E-state index contributed by atoms with van der Waals surface area (Å²) in [4.78, 5) is 9.25. The highest BCUT2D eigenvalue weighted by Gasteiger charge is 2.46. The third-order valence-corrected chi connectivity index (χ3v) is 5.58. The van der Waals surface area contributed by atoms with Crippen LogP contribution in [-0.4, -0.2) is 46.1 Å². The number of fused-ring (bicyclic) bond motifs is 6. The van der Waals surface area contributed by atoms with E-state index in [9.17, 15) is 0 Å². The highest BCUT2D eigenvalue weighted by Crippen LogP contribution is 2.44. The van der Waals surface area contributed by atoms with Crippen LogP contribution in [0.15, 0.2) is 17.6 Å². The van der Waals surface area contributed by atoms with Crippen LogP contribution in [0.2, 0.25) is 0 Å². The van der Waals surface area contributed by atoms with Gasteiger partial charge in [0.05, 0.1) is 19.1 Å². The number of likely N-dealkylation sites (N-methyl/N-ethyl adjacent to an activating group) is 1. The molecule has 2 aliphatic heterocycles. The molecule has 1 N–H and O–H groups in total. The summed E-state index contributed by atoms with van der Waals surface area (Å²) < 4.78 is 2.39. The minimum absolute atomic E-state index is 0.320. The first-order valence-corrected chi connectivity index (χ1v) is 8.69. The lowest BCUT2D eigenvalue weighted by atomic mass is 9.80. The SMILES string of the molecule is CCN(CC)CC1=NNC2C3CCCCC3n3cncc3N12. The molecule has 3 unspecified atom stereocenters. The number of amidine groups is 1. The van der Waals surface area contributed by atoms with Crippen LogP contribution < -0.4 is 10.3 Å². The Hall–Kier alpha value is -1.56. The van der Waals surface area contributed by atoms with Gasteiger partial charge in [0.15, 0.2) is 0 Å². The Morgan fingerprint density at radius 1 is 1.27 bits per heavy atom. The minimum Gasteiger partial charge on any atom is -0.314 e. The fourth-order valence-electron chi connectivity index (χ4n) is 4.33. The summed E-state index contributed by atoms with van der Waals surface area (Å²) in [6, 6.07) is 0.586. The van der Waals surface area contributed by atoms with Gasteiger partial charge in [0.1, 0.15) is 17.8 Å². The van der Waals surface area contributed by atoms with Gasteiger partial charge in [0, 0.05) is 12.0 Å². The zero-order valence-corrected chi connectivity index (χ0v) is 13.6. The average molecular weight is 302 g/mol. The summed E-state index contributed by atoms with van der Waals surface area (Å²) >= 11 is 0. The lowest BCUT2D eigenvalue weighted by Gasteiger charge is -2.45. The van der Waals surface area contributed by atoms with E-state index in [4.69, 9.17) is 5.10 Å². The molecule has 0 radical (unpaired) electrons. The van der Waals surface area contributed by atoms with E-state index in [1.807, 2.05) is 12.5 Å². The van der Waals surface area contributed by atoms with Gasteiger partial charge in [-0.25, -0.2) is 4.98 Å². The maximum absolute atomic E-state index is 4.70. The molecule has 120 valence electrons. The van der Waals surface area contributed by atoms with Crippen LogP contribution in [0.4, 0.5) is 5.82 Å². The molecule has 1 aromatic heterocycles. The Labute approximate surface area is 132 Å². The third-order valence-electron chi connectivity index (χ3n) is 5.58. The molecular formula is C16H26N6. The number of anilines is 1. The molecule has 6 heteroatoms. The number of hydrazone groups is 1. The van der Waals surface area contributed by atoms with E-state index in [0.29, 0.717) is 18.1 Å². The van der Waals surface area contributed by atoms with Crippen LogP contribution in [-0.2, 0) is 0 Å². The topological polar surface area (TPSA) is 48.7 Å². The third kappa shape index (κ3) is 2.04. The molecule has 0 aromatic carbocycles. The molecule has 0 spiro atoms. The highest BCUT2D eigenvalue weighted by atomic mass is 15.6. The largest absolute Gasteiger partial charge is 0.314 e. The Balaban J connectivity index is 1.66. The van der Waals surface area contributed by atoms with E-state index in [2.05, 4.69) is 38.6 Å². The predicted octanol–water partition coefficient (Wildman–Crippen LogP) is 2.02. The molecule has 1 aliphatic carbocycles. The normalized spacial score (nSPS) is 29.7. The summed E-state index contributed by atoms with van der Waals surface area (Å²) in [5, 5.41) is 4.70. The molecule has 3 atom stereocenters. The second-order valence-electron chi connectivity index (χ2n) is 6.61. The average Bonchev–Trinajstić information content (AvgIpc) is 3.19. The van der Waals surface area contributed by atoms with Crippen molar-refractivity contribution < 1.29 is 0 Å². The summed E-state index contributed by atoms with van der Waals surface area (Å²) in [6.45, 7) is 7.43. The summed E-state index contributed by atoms with van der Waals surface area (Å²) in [5.41, 5.74) is 3.44. The number of nitrogens with one attached hydrogen (secondary N) is 1. The highest BCUT2D eigenvalue weighted by molar-refractivity contribution is 6.00. The van der Waals surface area contributed by atoms with E-state index in [-0.39, 0.29) is 0 Å². The standard InChI is InChI=1S/C16H26N6/c1-3-20(4-2)10-14-18-19-16-12-7-5-6-8-13(12)21-11-17-9-15(21)22(14)16/h9,11-13,16,19H,3-8,10H2,1-2H3. The Bertz CT molecular complexity index is 561. The lowest BCUT2D eigenvalue weighted by molar-refractivity contribution is 0.175. The first-order chi connectivity index (χ1) is 10.8. The molecule has 0 amide bonds. The molecule has 4 rings (SSSR count). The Morgan fingerprint density at radius 3 is 2.91 bits per heavy atom. The van der Waals surface area contributed by atoms with Crippen molar-refractivity contribution in [3.05, 3.63) is 12.5 Å². The maximum Gasteiger partial charge on any atom is 0.146 e. The van der Waals surface area contributed by atoms with Crippen LogP contribution in [0.5, 0.6) is 0 Å². The van der Waals surface area contributed by atoms with Gasteiger partial charge in [-0.15, -0.1) is 0 Å². The van der Waals surface area contributed by atoms with E-state index in [1.54, 1.807) is 0 Å². The van der Waals surface area contributed by atoms with Crippen LogP contribution in [0, 0.1) is 5.92 Å². The summed E-state index contributed by atoms with van der Waals surface area (Å²) in [5.74, 6) is 2.98. The zero-order valence-electron chi connectivity index (χ0n) is 13.6. The quantitative estimate of drug-likeness (QED) is 0.924. The van der Waals surface area contributed by atoms with Crippen molar-refractivity contribution in [3.63, 3.8) is 0 Å². The Kier molecular flexibility index (Phi) is 3.56. The van der Waals surface area contributed by atoms with Crippen LogP contribution in [0.1, 0.15) is 45.6 Å². The van der Waals surface area contributed by atoms with Crippen molar-refractivity contribution in [2.45, 2.75) is 51.7 Å². The van der Waals surface area contributed by atoms with Gasteiger partial charge in [-0.3, -0.25) is 15.2 Å². The van der Waals surface area contributed by atoms with Crippen molar-refractivity contribution in [1.29, 1.82) is 0 Å². The van der Waals surface area contributed by atoms with E-state index in [1.165, 1.54) is 31.5 Å². The number of aromatic nitrogens is 2. The van der Waals surface area contributed by atoms with Gasteiger partial charge in [0.25, 0.3) is 0 Å². The van der Waals surface area contributed by atoms with Crippen molar-refractivity contribution in [2.24, 2.45) is 11.0 Å². The minimum atomic E-state index is 0.320. The molecule has 1 saturated carbocycles. The number of rotatable bonds is 4. The first-order valence-electron chi connectivity index (χ1n) is 8.69. The van der Waals surface area contributed by atoms with Gasteiger partial charge in [-0.2, -0.15) is 5.10 Å². The number of hydrogen-bond acceptors (Lipinski definition) is 5. The molecule has 0 bridgehead atoms. The fraction of sp³-hybridized carbons (Fsp3) is 0.750. The monoisotopic (exact) mass is 302 g/mol. The summed E-state index contributed by atoms with van der Waals surface area (Å²) in [7, 11) is 0.